The van der Waals surface area contributed by atoms with E-state index in [-0.39, 0.29) is 18.8 Å². The Morgan fingerprint density at radius 1 is 0.316 bits per heavy atom. The van der Waals surface area contributed by atoms with Crippen LogP contribution in [0.2, 0.25) is 0 Å². The third-order valence-corrected chi connectivity index (χ3v) is 23.1. The summed E-state index contributed by atoms with van der Waals surface area (Å²) >= 11 is 0. The summed E-state index contributed by atoms with van der Waals surface area (Å²) in [5.74, 6) is 1.47. The van der Waals surface area contributed by atoms with Crippen molar-refractivity contribution in [2.75, 3.05) is 32.0 Å². The lowest BCUT2D eigenvalue weighted by Gasteiger charge is -2.45. The highest BCUT2D eigenvalue weighted by molar-refractivity contribution is 7.01. The summed E-state index contributed by atoms with van der Waals surface area (Å²) in [5.41, 5.74) is 36.6. The zero-order valence-electron chi connectivity index (χ0n) is 54.4. The van der Waals surface area contributed by atoms with E-state index >= 15 is 0 Å². The van der Waals surface area contributed by atoms with Gasteiger partial charge in [-0.2, -0.15) is 0 Å². The molecule has 3 aliphatic carbocycles. The van der Waals surface area contributed by atoms with Gasteiger partial charge < -0.3 is 24.9 Å². The first-order valence-corrected chi connectivity index (χ1v) is 35.0. The van der Waals surface area contributed by atoms with Crippen LogP contribution in [0.25, 0.3) is 22.3 Å². The van der Waals surface area contributed by atoms with Gasteiger partial charge >= 0.3 is 0 Å². The molecule has 0 bridgehead atoms. The Morgan fingerprint density at radius 3 is 1.18 bits per heavy atom. The summed E-state index contributed by atoms with van der Waals surface area (Å²) in [4.78, 5) is 10.3. The minimum Gasteiger partial charge on any atom is -0.388 e. The molecule has 0 unspecified atom stereocenters. The standard InChI is InChI=1S/C88H75B2N5/c1-88(2)72-49-60(58-37-39-59(40-38-58)64-54-83-87-85(55-64)95(69-31-17-8-18-32-69)81-48-44-65(91-3)56-77(81)90(87)75-34-20-22-36-79(75)93(83)67-27-13-6-14-28-67)41-45-70(72)71-46-42-61(50-73(71)88)62-43-47-80-76(51-62)89-74-33-19-21-35-78(74)92(66-25-11-5-12-26-66)82-52-63(57-23-9-4-10-24-57)53-84(86(82)89)94(80)68-29-15-7-16-30-68/h5-8,11-22,25-36,41-59,91H,4,9-10,23-24,37-40H2,1-3H3. The van der Waals surface area contributed by atoms with Gasteiger partial charge in [0.05, 0.1) is 0 Å². The van der Waals surface area contributed by atoms with E-state index in [1.165, 1.54) is 183 Å². The lowest BCUT2D eigenvalue weighted by atomic mass is 9.33. The van der Waals surface area contributed by atoms with Crippen LogP contribution >= 0.6 is 0 Å². The van der Waals surface area contributed by atoms with Crippen molar-refractivity contribution in [2.45, 2.75) is 94.8 Å². The van der Waals surface area contributed by atoms with Crippen molar-refractivity contribution in [1.82, 2.24) is 0 Å². The maximum absolute atomic E-state index is 3.49. The highest BCUT2D eigenvalue weighted by Crippen LogP contribution is 2.54. The summed E-state index contributed by atoms with van der Waals surface area (Å²) < 4.78 is 0. The van der Waals surface area contributed by atoms with Gasteiger partial charge in [0.2, 0.25) is 0 Å². The molecule has 0 aromatic heterocycles. The Labute approximate surface area is 560 Å². The van der Waals surface area contributed by atoms with Gasteiger partial charge in [-0.1, -0.05) is 185 Å². The van der Waals surface area contributed by atoms with Crippen LogP contribution in [0.15, 0.2) is 267 Å². The van der Waals surface area contributed by atoms with E-state index in [2.05, 4.69) is 306 Å². The van der Waals surface area contributed by atoms with Gasteiger partial charge in [-0.05, 0) is 254 Å². The largest absolute Gasteiger partial charge is 0.388 e. The summed E-state index contributed by atoms with van der Waals surface area (Å²) in [6.45, 7) is 5.08. The van der Waals surface area contributed by atoms with Crippen LogP contribution in [0.5, 0.6) is 0 Å². The first kappa shape index (κ1) is 56.3. The van der Waals surface area contributed by atoms with Gasteiger partial charge in [-0.15, -0.1) is 0 Å². The zero-order chi connectivity index (χ0) is 63.0. The molecule has 95 heavy (non-hydrogen) atoms. The Morgan fingerprint density at radius 2 is 0.695 bits per heavy atom. The number of nitrogens with zero attached hydrogens (tertiary/aromatic N) is 4. The van der Waals surface area contributed by atoms with Crippen molar-refractivity contribution >= 4 is 120 Å². The number of para-hydroxylation sites is 6. The molecule has 5 nitrogen and oxygen atoms in total. The molecular formula is C88H75B2N5. The summed E-state index contributed by atoms with van der Waals surface area (Å²) in [6, 6.07) is 103. The van der Waals surface area contributed by atoms with Crippen LogP contribution in [0.3, 0.4) is 0 Å². The predicted molar refractivity (Wildman–Crippen MR) is 403 cm³/mol. The topological polar surface area (TPSA) is 25.0 Å². The van der Waals surface area contributed by atoms with Crippen molar-refractivity contribution in [1.29, 1.82) is 0 Å². The molecule has 0 atom stereocenters. The minimum absolute atomic E-state index is 0.0481. The quantitative estimate of drug-likeness (QED) is 0.145. The summed E-state index contributed by atoms with van der Waals surface area (Å²) in [5, 5.41) is 3.49. The number of hydrogen-bond donors (Lipinski definition) is 1. The molecule has 7 aliphatic rings. The molecule has 12 aromatic rings. The molecule has 0 radical (unpaired) electrons. The fourth-order valence-corrected chi connectivity index (χ4v) is 18.6. The van der Waals surface area contributed by atoms with Crippen LogP contribution in [-0.2, 0) is 5.41 Å². The Kier molecular flexibility index (Phi) is 13.2. The fraction of sp³-hybridized carbons (Fsp3) is 0.182. The van der Waals surface area contributed by atoms with E-state index in [4.69, 9.17) is 0 Å². The molecule has 7 heteroatoms. The van der Waals surface area contributed by atoms with Crippen molar-refractivity contribution < 1.29 is 0 Å². The Bertz CT molecular complexity index is 4980. The molecule has 1 N–H and O–H groups in total. The first-order chi connectivity index (χ1) is 46.8. The third kappa shape index (κ3) is 8.84. The van der Waals surface area contributed by atoms with Crippen molar-refractivity contribution in [3.63, 3.8) is 0 Å². The number of nitrogens with one attached hydrogen (secondary N) is 1. The Hall–Kier alpha value is -10.2. The van der Waals surface area contributed by atoms with E-state index < -0.39 is 0 Å². The van der Waals surface area contributed by atoms with Crippen molar-refractivity contribution in [3.05, 3.63) is 295 Å². The normalized spacial score (nSPS) is 17.6. The van der Waals surface area contributed by atoms with E-state index in [0.717, 1.165) is 31.4 Å². The molecule has 4 aliphatic heterocycles. The van der Waals surface area contributed by atoms with Gasteiger partial charge in [0.15, 0.2) is 0 Å². The highest BCUT2D eigenvalue weighted by atomic mass is 15.2. The average molecular weight is 1220 g/mol. The second-order valence-electron chi connectivity index (χ2n) is 28.5. The lowest BCUT2D eigenvalue weighted by Crippen LogP contribution is -2.61. The monoisotopic (exact) mass is 1220 g/mol. The number of benzene rings is 12. The molecule has 2 fully saturated rings. The molecule has 0 amide bonds. The maximum Gasteiger partial charge on any atom is 0.252 e. The van der Waals surface area contributed by atoms with Crippen molar-refractivity contribution in [3.8, 4) is 22.3 Å². The van der Waals surface area contributed by atoms with Crippen LogP contribution < -0.4 is 57.7 Å². The Balaban J connectivity index is 0.659. The van der Waals surface area contributed by atoms with E-state index in [9.17, 15) is 0 Å². The number of rotatable bonds is 9. The summed E-state index contributed by atoms with van der Waals surface area (Å²) in [7, 11) is 2.03. The zero-order valence-corrected chi connectivity index (χ0v) is 54.4. The van der Waals surface area contributed by atoms with Crippen LogP contribution in [-0.4, -0.2) is 20.5 Å². The third-order valence-electron chi connectivity index (χ3n) is 23.1. The molecule has 458 valence electrons. The average Bonchev–Trinajstić information content (AvgIpc) is 1.48. The second kappa shape index (κ2) is 22.2. The molecule has 19 rings (SSSR count). The molecule has 0 saturated heterocycles. The maximum atomic E-state index is 3.49. The molecule has 0 spiro atoms. The SMILES string of the molecule is CNc1ccc2c(c1)B1c3ccccc3N(c3ccccc3)c3cc(C4CCC(c5ccc6c(c5)C(C)(C)c5cc(-c7ccc8c(c7)B7c9ccccc9N(c9ccccc9)c9cc(C%10CCCCC%10)cc(c97)N8c7ccccc7)ccc5-6)CC4)cc(c31)N2c1ccccc1. The van der Waals surface area contributed by atoms with Crippen LogP contribution in [0, 0.1) is 0 Å². The summed E-state index contributed by atoms with van der Waals surface area (Å²) in [6.07, 6.45) is 11.0. The molecule has 4 heterocycles. The highest BCUT2D eigenvalue weighted by Gasteiger charge is 2.47. The van der Waals surface area contributed by atoms with Gasteiger partial charge in [0.25, 0.3) is 13.4 Å². The first-order valence-electron chi connectivity index (χ1n) is 35.0. The molecular weight excluding hydrogens is 1150 g/mol. The van der Waals surface area contributed by atoms with Gasteiger partial charge in [0, 0.05) is 86.4 Å². The van der Waals surface area contributed by atoms with Gasteiger partial charge in [-0.3, -0.25) is 0 Å². The van der Waals surface area contributed by atoms with Crippen molar-refractivity contribution in [2.24, 2.45) is 0 Å². The van der Waals surface area contributed by atoms with Crippen LogP contribution in [0.1, 0.15) is 117 Å². The van der Waals surface area contributed by atoms with Gasteiger partial charge in [-0.25, -0.2) is 0 Å². The number of fused-ring (bicyclic) bond motifs is 11. The van der Waals surface area contributed by atoms with Crippen LogP contribution in [0.4, 0.5) is 73.9 Å². The predicted octanol–water partition coefficient (Wildman–Crippen LogP) is 19.4. The van der Waals surface area contributed by atoms with E-state index in [1.807, 2.05) is 7.05 Å². The van der Waals surface area contributed by atoms with E-state index in [1.54, 1.807) is 0 Å². The lowest BCUT2D eigenvalue weighted by molar-refractivity contribution is 0.396. The van der Waals surface area contributed by atoms with E-state index in [0.29, 0.717) is 17.8 Å². The minimum atomic E-state index is -0.178. The fourth-order valence-electron chi connectivity index (χ4n) is 18.6. The van der Waals surface area contributed by atoms with Gasteiger partial charge in [0.1, 0.15) is 0 Å². The number of hydrogen-bond acceptors (Lipinski definition) is 5. The molecule has 12 aromatic carbocycles. The number of anilines is 13. The smallest absolute Gasteiger partial charge is 0.252 e. The molecule has 2 saturated carbocycles. The second-order valence-corrected chi connectivity index (χ2v) is 28.5.